The van der Waals surface area contributed by atoms with Crippen LogP contribution in [-0.2, 0) is 4.79 Å². The van der Waals surface area contributed by atoms with Crippen molar-refractivity contribution in [3.05, 3.63) is 24.3 Å². The van der Waals surface area contributed by atoms with E-state index in [1.807, 2.05) is 18.2 Å². The average Bonchev–Trinajstić information content (AvgIpc) is 2.29. The van der Waals surface area contributed by atoms with Gasteiger partial charge in [0.15, 0.2) is 0 Å². The van der Waals surface area contributed by atoms with Crippen LogP contribution in [-0.4, -0.2) is 29.4 Å². The quantitative estimate of drug-likeness (QED) is 0.692. The van der Waals surface area contributed by atoms with Crippen molar-refractivity contribution in [2.24, 2.45) is 0 Å². The monoisotopic (exact) mass is 268 g/mol. The van der Waals surface area contributed by atoms with Gasteiger partial charge in [0.25, 0.3) is 0 Å². The molecule has 0 aromatic heterocycles. The predicted octanol–water partition coefficient (Wildman–Crippen LogP) is 2.39. The minimum atomic E-state index is -0.934. The number of rotatable bonds is 6. The Morgan fingerprint density at radius 3 is 2.83 bits per heavy atom. The van der Waals surface area contributed by atoms with E-state index >= 15 is 0 Å². The Morgan fingerprint density at radius 2 is 2.17 bits per heavy atom. The lowest BCUT2D eigenvalue weighted by Crippen LogP contribution is -2.30. The van der Waals surface area contributed by atoms with Gasteiger partial charge in [-0.05, 0) is 24.0 Å². The van der Waals surface area contributed by atoms with Crippen molar-refractivity contribution in [1.29, 1.82) is 0 Å². The predicted molar refractivity (Wildman–Crippen MR) is 72.1 cm³/mol. The van der Waals surface area contributed by atoms with Gasteiger partial charge in [0.05, 0.1) is 6.42 Å². The van der Waals surface area contributed by atoms with Crippen molar-refractivity contribution < 1.29 is 14.7 Å². The van der Waals surface area contributed by atoms with E-state index in [2.05, 4.69) is 17.6 Å². The Balaban J connectivity index is 2.43. The number of anilines is 1. The van der Waals surface area contributed by atoms with E-state index in [4.69, 9.17) is 5.11 Å². The molecule has 1 aromatic rings. The standard InChI is InChI=1S/C12H16N2O3S/c1-2-18-10-5-3-4-9(8-10)14-12(17)13-7-6-11(15)16/h3-5,8H,2,6-7H2,1H3,(H,15,16)(H2,13,14,17). The minimum absolute atomic E-state index is 0.0842. The van der Waals surface area contributed by atoms with Gasteiger partial charge in [-0.3, -0.25) is 4.79 Å². The molecule has 0 aliphatic heterocycles. The van der Waals surface area contributed by atoms with Crippen LogP contribution in [0.5, 0.6) is 0 Å². The van der Waals surface area contributed by atoms with Gasteiger partial charge >= 0.3 is 12.0 Å². The highest BCUT2D eigenvalue weighted by Gasteiger charge is 2.03. The summed E-state index contributed by atoms with van der Waals surface area (Å²) in [6, 6.07) is 7.11. The largest absolute Gasteiger partial charge is 0.481 e. The lowest BCUT2D eigenvalue weighted by molar-refractivity contribution is -0.136. The van der Waals surface area contributed by atoms with Gasteiger partial charge in [0.1, 0.15) is 0 Å². The molecule has 0 saturated heterocycles. The maximum absolute atomic E-state index is 11.4. The number of benzene rings is 1. The maximum Gasteiger partial charge on any atom is 0.319 e. The second-order valence-corrected chi connectivity index (χ2v) is 4.82. The van der Waals surface area contributed by atoms with E-state index in [-0.39, 0.29) is 13.0 Å². The summed E-state index contributed by atoms with van der Waals surface area (Å²) in [6.45, 7) is 2.17. The number of urea groups is 1. The first kappa shape index (κ1) is 14.4. The molecule has 0 aliphatic rings. The smallest absolute Gasteiger partial charge is 0.319 e. The summed E-state index contributed by atoms with van der Waals surface area (Å²) < 4.78 is 0. The van der Waals surface area contributed by atoms with Crippen LogP contribution in [0.25, 0.3) is 0 Å². The van der Waals surface area contributed by atoms with Crippen LogP contribution in [0.1, 0.15) is 13.3 Å². The number of carbonyl (C=O) groups is 2. The van der Waals surface area contributed by atoms with Crippen molar-refractivity contribution in [2.45, 2.75) is 18.2 Å². The zero-order valence-corrected chi connectivity index (χ0v) is 10.9. The van der Waals surface area contributed by atoms with Gasteiger partial charge in [0, 0.05) is 17.1 Å². The Kier molecular flexibility index (Phi) is 6.07. The van der Waals surface area contributed by atoms with E-state index in [1.54, 1.807) is 17.8 Å². The lowest BCUT2D eigenvalue weighted by Gasteiger charge is -2.07. The lowest BCUT2D eigenvalue weighted by atomic mass is 10.3. The van der Waals surface area contributed by atoms with Crippen molar-refractivity contribution in [2.75, 3.05) is 17.6 Å². The SMILES string of the molecule is CCSc1cccc(NC(=O)NCCC(=O)O)c1. The molecule has 0 saturated carbocycles. The summed E-state index contributed by atoms with van der Waals surface area (Å²) >= 11 is 1.69. The first-order chi connectivity index (χ1) is 8.61. The minimum Gasteiger partial charge on any atom is -0.481 e. The molecule has 18 heavy (non-hydrogen) atoms. The van der Waals surface area contributed by atoms with Crippen LogP contribution in [0.3, 0.4) is 0 Å². The number of carboxylic acid groups (broad SMARTS) is 1. The Bertz CT molecular complexity index is 424. The Morgan fingerprint density at radius 1 is 1.39 bits per heavy atom. The summed E-state index contributed by atoms with van der Waals surface area (Å²) in [4.78, 5) is 22.8. The van der Waals surface area contributed by atoms with Crippen LogP contribution >= 0.6 is 11.8 Å². The molecule has 6 heteroatoms. The summed E-state index contributed by atoms with van der Waals surface area (Å²) in [7, 11) is 0. The summed E-state index contributed by atoms with van der Waals surface area (Å²) in [5, 5.41) is 13.6. The highest BCUT2D eigenvalue weighted by Crippen LogP contribution is 2.20. The molecule has 5 nitrogen and oxygen atoms in total. The van der Waals surface area contributed by atoms with Crippen molar-refractivity contribution in [1.82, 2.24) is 5.32 Å². The molecule has 1 aromatic carbocycles. The van der Waals surface area contributed by atoms with E-state index in [1.165, 1.54) is 0 Å². The molecular weight excluding hydrogens is 252 g/mol. The number of hydrogen-bond donors (Lipinski definition) is 3. The third-order valence-electron chi connectivity index (χ3n) is 2.03. The maximum atomic E-state index is 11.4. The third-order valence-corrected chi connectivity index (χ3v) is 2.90. The van der Waals surface area contributed by atoms with Gasteiger partial charge in [-0.25, -0.2) is 4.79 Å². The summed E-state index contributed by atoms with van der Waals surface area (Å²) in [6.07, 6.45) is -0.0842. The first-order valence-electron chi connectivity index (χ1n) is 5.61. The zero-order chi connectivity index (χ0) is 13.4. The fourth-order valence-corrected chi connectivity index (χ4v) is 2.01. The number of hydrogen-bond acceptors (Lipinski definition) is 3. The molecule has 0 bridgehead atoms. The highest BCUT2D eigenvalue weighted by atomic mass is 32.2. The van der Waals surface area contributed by atoms with E-state index in [0.29, 0.717) is 5.69 Å². The van der Waals surface area contributed by atoms with Gasteiger partial charge in [-0.15, -0.1) is 11.8 Å². The van der Waals surface area contributed by atoms with E-state index in [9.17, 15) is 9.59 Å². The molecule has 0 heterocycles. The average molecular weight is 268 g/mol. The van der Waals surface area contributed by atoms with Crippen LogP contribution < -0.4 is 10.6 Å². The highest BCUT2D eigenvalue weighted by molar-refractivity contribution is 7.99. The number of amides is 2. The molecule has 0 spiro atoms. The molecule has 0 atom stereocenters. The second-order valence-electron chi connectivity index (χ2n) is 3.49. The van der Waals surface area contributed by atoms with Crippen LogP contribution in [0.15, 0.2) is 29.2 Å². The summed E-state index contributed by atoms with van der Waals surface area (Å²) in [5.74, 6) is 0.0329. The van der Waals surface area contributed by atoms with Gasteiger partial charge in [-0.1, -0.05) is 13.0 Å². The third kappa shape index (κ3) is 5.58. The topological polar surface area (TPSA) is 78.4 Å². The number of thioether (sulfide) groups is 1. The molecule has 0 unspecified atom stereocenters. The molecule has 0 aliphatic carbocycles. The number of carboxylic acids is 1. The normalized spacial score (nSPS) is 9.83. The zero-order valence-electron chi connectivity index (χ0n) is 10.1. The Labute approximate surface area is 110 Å². The second kappa shape index (κ2) is 7.60. The van der Waals surface area contributed by atoms with Crippen molar-refractivity contribution in [3.8, 4) is 0 Å². The number of aliphatic carboxylic acids is 1. The summed E-state index contributed by atoms with van der Waals surface area (Å²) in [5.41, 5.74) is 0.696. The molecule has 3 N–H and O–H groups in total. The number of nitrogens with one attached hydrogen (secondary N) is 2. The molecular formula is C12H16N2O3S. The van der Waals surface area contributed by atoms with E-state index < -0.39 is 12.0 Å². The molecule has 2 amide bonds. The molecule has 0 fully saturated rings. The van der Waals surface area contributed by atoms with E-state index in [0.717, 1.165) is 10.6 Å². The first-order valence-corrected chi connectivity index (χ1v) is 6.60. The van der Waals surface area contributed by atoms with Gasteiger partial charge in [-0.2, -0.15) is 0 Å². The molecule has 0 radical (unpaired) electrons. The Hall–Kier alpha value is -1.69. The van der Waals surface area contributed by atoms with Crippen molar-refractivity contribution in [3.63, 3.8) is 0 Å². The fraction of sp³-hybridized carbons (Fsp3) is 0.333. The van der Waals surface area contributed by atoms with Gasteiger partial charge in [0.2, 0.25) is 0 Å². The van der Waals surface area contributed by atoms with Crippen LogP contribution in [0.4, 0.5) is 10.5 Å². The van der Waals surface area contributed by atoms with Crippen LogP contribution in [0.2, 0.25) is 0 Å². The fourth-order valence-electron chi connectivity index (χ4n) is 1.29. The van der Waals surface area contributed by atoms with Gasteiger partial charge < -0.3 is 15.7 Å². The van der Waals surface area contributed by atoms with Crippen LogP contribution in [0, 0.1) is 0 Å². The molecule has 98 valence electrons. The number of carbonyl (C=O) groups excluding carboxylic acids is 1. The molecule has 1 rings (SSSR count). The van der Waals surface area contributed by atoms with Crippen molar-refractivity contribution >= 4 is 29.4 Å².